The van der Waals surface area contributed by atoms with Crippen molar-refractivity contribution in [1.29, 1.82) is 0 Å². The fourth-order valence-corrected chi connectivity index (χ4v) is 2.95. The number of carbonyl (C=O) groups excluding carboxylic acids is 1. The van der Waals surface area contributed by atoms with Gasteiger partial charge in [0.1, 0.15) is 12.7 Å². The number of hydrogen-bond acceptors (Lipinski definition) is 5. The van der Waals surface area contributed by atoms with Gasteiger partial charge in [0.2, 0.25) is 0 Å². The number of aromatic nitrogens is 4. The average Bonchev–Trinajstić information content (AvgIpc) is 3.15. The average molecular weight is 328 g/mol. The first-order valence-corrected chi connectivity index (χ1v) is 8.47. The second-order valence-electron chi connectivity index (χ2n) is 6.52. The first-order valence-electron chi connectivity index (χ1n) is 8.47. The molecule has 1 N–H and O–H groups in total. The quantitative estimate of drug-likeness (QED) is 0.900. The molecule has 1 amide bonds. The van der Waals surface area contributed by atoms with Crippen LogP contribution in [0.5, 0.6) is 0 Å². The predicted molar refractivity (Wildman–Crippen MR) is 90.9 cm³/mol. The van der Waals surface area contributed by atoms with Gasteiger partial charge >= 0.3 is 0 Å². The fraction of sp³-hybridized carbons (Fsp3) is 0.529. The third kappa shape index (κ3) is 3.97. The van der Waals surface area contributed by atoms with E-state index in [1.54, 1.807) is 24.7 Å². The van der Waals surface area contributed by atoms with Gasteiger partial charge in [-0.05, 0) is 50.9 Å². The van der Waals surface area contributed by atoms with Gasteiger partial charge in [0, 0.05) is 24.3 Å². The summed E-state index contributed by atoms with van der Waals surface area (Å²) in [5, 5.41) is 7.06. The Kier molecular flexibility index (Phi) is 5.20. The highest BCUT2D eigenvalue weighted by atomic mass is 16.1. The Hall–Kier alpha value is -2.28. The van der Waals surface area contributed by atoms with Crippen LogP contribution in [0.2, 0.25) is 0 Å². The molecule has 7 heteroatoms. The number of nitrogens with one attached hydrogen (secondary N) is 1. The molecule has 0 radical (unpaired) electrons. The molecule has 1 atom stereocenters. The monoisotopic (exact) mass is 328 g/mol. The third-order valence-corrected chi connectivity index (χ3v) is 4.66. The Morgan fingerprint density at radius 2 is 2.21 bits per heavy atom. The molecule has 1 unspecified atom stereocenters. The molecule has 0 spiro atoms. The maximum Gasteiger partial charge on any atom is 0.251 e. The van der Waals surface area contributed by atoms with Crippen molar-refractivity contribution in [2.75, 3.05) is 19.6 Å². The largest absolute Gasteiger partial charge is 0.350 e. The summed E-state index contributed by atoms with van der Waals surface area (Å²) in [4.78, 5) is 23.0. The van der Waals surface area contributed by atoms with E-state index in [4.69, 9.17) is 0 Å². The molecule has 2 aromatic heterocycles. The van der Waals surface area contributed by atoms with E-state index in [-0.39, 0.29) is 5.91 Å². The number of carbonyl (C=O) groups is 1. The van der Waals surface area contributed by atoms with Crippen molar-refractivity contribution in [3.05, 3.63) is 36.5 Å². The van der Waals surface area contributed by atoms with Crippen LogP contribution in [-0.2, 0) is 0 Å². The maximum absolute atomic E-state index is 12.4. The number of likely N-dealkylation sites (tertiary alicyclic amines) is 1. The summed E-state index contributed by atoms with van der Waals surface area (Å²) in [6.45, 7) is 7.35. The number of amides is 1. The van der Waals surface area contributed by atoms with Crippen LogP contribution < -0.4 is 5.32 Å². The summed E-state index contributed by atoms with van der Waals surface area (Å²) in [7, 11) is 0. The highest BCUT2D eigenvalue weighted by Gasteiger charge is 2.20. The lowest BCUT2D eigenvalue weighted by Gasteiger charge is -2.35. The SMILES string of the molecule is CC1CCN(C(C)CNC(=O)c2ccnc(-n3cncn3)c2)CC1. The summed E-state index contributed by atoms with van der Waals surface area (Å²) in [5.74, 6) is 1.31. The smallest absolute Gasteiger partial charge is 0.251 e. The van der Waals surface area contributed by atoms with E-state index in [1.807, 2.05) is 0 Å². The van der Waals surface area contributed by atoms with Crippen molar-refractivity contribution < 1.29 is 4.79 Å². The van der Waals surface area contributed by atoms with E-state index in [2.05, 4.69) is 39.1 Å². The minimum absolute atomic E-state index is 0.0870. The number of hydrogen-bond donors (Lipinski definition) is 1. The van der Waals surface area contributed by atoms with Crippen LogP contribution >= 0.6 is 0 Å². The Bertz CT molecular complexity index is 663. The highest BCUT2D eigenvalue weighted by Crippen LogP contribution is 2.17. The van der Waals surface area contributed by atoms with E-state index in [0.29, 0.717) is 24.0 Å². The summed E-state index contributed by atoms with van der Waals surface area (Å²) in [6.07, 6.45) is 7.09. The molecule has 24 heavy (non-hydrogen) atoms. The van der Waals surface area contributed by atoms with Crippen LogP contribution in [0, 0.1) is 5.92 Å². The second kappa shape index (κ2) is 7.53. The molecule has 128 valence electrons. The Morgan fingerprint density at radius 3 is 2.92 bits per heavy atom. The minimum Gasteiger partial charge on any atom is -0.350 e. The lowest BCUT2D eigenvalue weighted by molar-refractivity contribution is 0.0921. The zero-order valence-corrected chi connectivity index (χ0v) is 14.2. The standard InChI is InChI=1S/C17H24N6O/c1-13-4-7-22(8-5-13)14(2)10-20-17(24)15-3-6-19-16(9-15)23-12-18-11-21-23/h3,6,9,11-14H,4-5,7-8,10H2,1-2H3,(H,20,24). The first-order chi connectivity index (χ1) is 11.6. The van der Waals surface area contributed by atoms with Gasteiger partial charge in [-0.25, -0.2) is 14.6 Å². The lowest BCUT2D eigenvalue weighted by atomic mass is 9.98. The van der Waals surface area contributed by atoms with Gasteiger partial charge in [0.05, 0.1) is 0 Å². The molecule has 0 aliphatic carbocycles. The topological polar surface area (TPSA) is 75.9 Å². The Morgan fingerprint density at radius 1 is 1.42 bits per heavy atom. The zero-order chi connectivity index (χ0) is 16.9. The van der Waals surface area contributed by atoms with E-state index in [0.717, 1.165) is 19.0 Å². The molecule has 7 nitrogen and oxygen atoms in total. The van der Waals surface area contributed by atoms with Crippen molar-refractivity contribution >= 4 is 5.91 Å². The minimum atomic E-state index is -0.0870. The van der Waals surface area contributed by atoms with Gasteiger partial charge in [0.15, 0.2) is 5.82 Å². The number of pyridine rings is 1. The van der Waals surface area contributed by atoms with Gasteiger partial charge in [-0.3, -0.25) is 9.69 Å². The molecule has 1 saturated heterocycles. The molecule has 0 aromatic carbocycles. The lowest BCUT2D eigenvalue weighted by Crippen LogP contribution is -2.45. The van der Waals surface area contributed by atoms with Crippen LogP contribution in [0.3, 0.4) is 0 Å². The number of rotatable bonds is 5. The maximum atomic E-state index is 12.4. The molecule has 3 heterocycles. The number of piperidine rings is 1. The molecule has 1 fully saturated rings. The molecule has 0 bridgehead atoms. The summed E-state index contributed by atoms with van der Waals surface area (Å²) in [6, 6.07) is 3.78. The van der Waals surface area contributed by atoms with Gasteiger partial charge in [0.25, 0.3) is 5.91 Å². The van der Waals surface area contributed by atoms with Crippen molar-refractivity contribution in [2.24, 2.45) is 5.92 Å². The van der Waals surface area contributed by atoms with Gasteiger partial charge in [-0.15, -0.1) is 0 Å². The summed E-state index contributed by atoms with van der Waals surface area (Å²) in [5.41, 5.74) is 0.579. The van der Waals surface area contributed by atoms with Crippen LogP contribution in [0.25, 0.3) is 5.82 Å². The summed E-state index contributed by atoms with van der Waals surface area (Å²) >= 11 is 0. The molecule has 3 rings (SSSR count). The van der Waals surface area contributed by atoms with Gasteiger partial charge in [-0.2, -0.15) is 5.10 Å². The predicted octanol–water partition coefficient (Wildman–Crippen LogP) is 1.51. The zero-order valence-electron chi connectivity index (χ0n) is 14.2. The van der Waals surface area contributed by atoms with E-state index < -0.39 is 0 Å². The van der Waals surface area contributed by atoms with E-state index >= 15 is 0 Å². The molecular formula is C17H24N6O. The summed E-state index contributed by atoms with van der Waals surface area (Å²) < 4.78 is 1.54. The fourth-order valence-electron chi connectivity index (χ4n) is 2.95. The van der Waals surface area contributed by atoms with Crippen LogP contribution in [0.4, 0.5) is 0 Å². The van der Waals surface area contributed by atoms with E-state index in [9.17, 15) is 4.79 Å². The third-order valence-electron chi connectivity index (χ3n) is 4.66. The first kappa shape index (κ1) is 16.6. The Balaban J connectivity index is 1.56. The molecule has 0 saturated carbocycles. The molecule has 1 aliphatic heterocycles. The van der Waals surface area contributed by atoms with Crippen molar-refractivity contribution in [3.8, 4) is 5.82 Å². The normalized spacial score (nSPS) is 17.6. The van der Waals surface area contributed by atoms with Crippen molar-refractivity contribution in [3.63, 3.8) is 0 Å². The van der Waals surface area contributed by atoms with Gasteiger partial charge in [-0.1, -0.05) is 6.92 Å². The van der Waals surface area contributed by atoms with Crippen molar-refractivity contribution in [2.45, 2.75) is 32.7 Å². The molecular weight excluding hydrogens is 304 g/mol. The van der Waals surface area contributed by atoms with E-state index in [1.165, 1.54) is 23.9 Å². The van der Waals surface area contributed by atoms with Crippen molar-refractivity contribution in [1.82, 2.24) is 30.0 Å². The van der Waals surface area contributed by atoms with Crippen LogP contribution in [0.15, 0.2) is 31.0 Å². The molecule has 2 aromatic rings. The highest BCUT2D eigenvalue weighted by molar-refractivity contribution is 5.94. The van der Waals surface area contributed by atoms with Crippen LogP contribution in [-0.4, -0.2) is 56.2 Å². The Labute approximate surface area is 142 Å². The van der Waals surface area contributed by atoms with Gasteiger partial charge < -0.3 is 5.32 Å². The van der Waals surface area contributed by atoms with Crippen LogP contribution in [0.1, 0.15) is 37.0 Å². The second-order valence-corrected chi connectivity index (χ2v) is 6.52. The number of nitrogens with zero attached hydrogens (tertiary/aromatic N) is 5. The molecule has 1 aliphatic rings.